The van der Waals surface area contributed by atoms with Crippen molar-refractivity contribution in [3.8, 4) is 11.5 Å². The van der Waals surface area contributed by atoms with Crippen molar-refractivity contribution in [2.24, 2.45) is 0 Å². The molecule has 0 bridgehead atoms. The lowest BCUT2D eigenvalue weighted by Gasteiger charge is -2.05. The number of carbonyl (C=O) groups is 2. The van der Waals surface area contributed by atoms with Crippen molar-refractivity contribution in [2.45, 2.75) is 27.7 Å². The van der Waals surface area contributed by atoms with E-state index in [-0.39, 0.29) is 11.6 Å². The molecular weight excluding hydrogens is 304 g/mol. The molecular formula is C20H24O4. The molecule has 0 aliphatic heterocycles. The maximum absolute atomic E-state index is 11.1. The van der Waals surface area contributed by atoms with Crippen molar-refractivity contribution in [1.29, 1.82) is 0 Å². The molecule has 4 heteroatoms. The Hall–Kier alpha value is -2.62. The van der Waals surface area contributed by atoms with E-state index >= 15 is 0 Å². The number of ether oxygens (including phenoxy) is 2. The third-order valence-electron chi connectivity index (χ3n) is 3.47. The van der Waals surface area contributed by atoms with E-state index in [9.17, 15) is 9.59 Å². The minimum absolute atomic E-state index is 0.0341. The highest BCUT2D eigenvalue weighted by molar-refractivity contribution is 5.97. The van der Waals surface area contributed by atoms with Gasteiger partial charge in [-0.3, -0.25) is 9.59 Å². The van der Waals surface area contributed by atoms with Crippen LogP contribution < -0.4 is 9.47 Å². The van der Waals surface area contributed by atoms with Gasteiger partial charge in [0.1, 0.15) is 11.5 Å². The summed E-state index contributed by atoms with van der Waals surface area (Å²) in [6.45, 7) is 6.99. The molecule has 0 aliphatic carbocycles. The number of benzene rings is 2. The first-order valence-electron chi connectivity index (χ1n) is 7.61. The fraction of sp³-hybridized carbons (Fsp3) is 0.300. The number of Topliss-reactive ketones (excluding diaryl/α,β-unsaturated/α-hetero) is 2. The number of aryl methyl sites for hydroxylation is 2. The molecule has 0 unspecified atom stereocenters. The van der Waals surface area contributed by atoms with Gasteiger partial charge in [-0.25, -0.2) is 0 Å². The monoisotopic (exact) mass is 328 g/mol. The van der Waals surface area contributed by atoms with Gasteiger partial charge in [0.25, 0.3) is 0 Å². The van der Waals surface area contributed by atoms with E-state index in [0.717, 1.165) is 11.1 Å². The maximum atomic E-state index is 11.1. The third-order valence-corrected chi connectivity index (χ3v) is 3.47. The molecule has 128 valence electrons. The van der Waals surface area contributed by atoms with Crippen LogP contribution in [0.4, 0.5) is 0 Å². The summed E-state index contributed by atoms with van der Waals surface area (Å²) in [4.78, 5) is 22.2. The predicted molar refractivity (Wildman–Crippen MR) is 95.5 cm³/mol. The van der Waals surface area contributed by atoms with Gasteiger partial charge < -0.3 is 9.47 Å². The van der Waals surface area contributed by atoms with Crippen LogP contribution in [0.15, 0.2) is 36.4 Å². The van der Waals surface area contributed by atoms with Gasteiger partial charge >= 0.3 is 0 Å². The van der Waals surface area contributed by atoms with Crippen LogP contribution in [-0.4, -0.2) is 25.8 Å². The van der Waals surface area contributed by atoms with E-state index in [4.69, 9.17) is 9.47 Å². The fourth-order valence-corrected chi connectivity index (χ4v) is 2.19. The van der Waals surface area contributed by atoms with E-state index in [1.807, 2.05) is 44.2 Å². The van der Waals surface area contributed by atoms with Gasteiger partial charge in [-0.2, -0.15) is 0 Å². The van der Waals surface area contributed by atoms with Crippen molar-refractivity contribution in [2.75, 3.05) is 14.2 Å². The minimum atomic E-state index is 0.0341. The number of carbonyl (C=O) groups excluding carboxylic acids is 2. The topological polar surface area (TPSA) is 52.6 Å². The Bertz CT molecular complexity index is 732. The Balaban J connectivity index is 0.000000240. The van der Waals surface area contributed by atoms with E-state index in [1.54, 1.807) is 20.3 Å². The number of hydrogen-bond donors (Lipinski definition) is 0. The highest BCUT2D eigenvalue weighted by atomic mass is 16.5. The normalized spacial score (nSPS) is 9.58. The second-order valence-electron chi connectivity index (χ2n) is 5.52. The van der Waals surface area contributed by atoms with Gasteiger partial charge in [-0.1, -0.05) is 17.7 Å². The lowest BCUT2D eigenvalue weighted by molar-refractivity contribution is 0.100. The maximum Gasteiger partial charge on any atom is 0.163 e. The molecule has 2 aromatic carbocycles. The Kier molecular flexibility index (Phi) is 7.18. The van der Waals surface area contributed by atoms with Crippen molar-refractivity contribution in [3.63, 3.8) is 0 Å². The van der Waals surface area contributed by atoms with Gasteiger partial charge in [0.2, 0.25) is 0 Å². The largest absolute Gasteiger partial charge is 0.496 e. The lowest BCUT2D eigenvalue weighted by Crippen LogP contribution is -1.97. The first-order chi connectivity index (χ1) is 11.3. The summed E-state index contributed by atoms with van der Waals surface area (Å²) in [7, 11) is 3.14. The second-order valence-corrected chi connectivity index (χ2v) is 5.52. The molecule has 0 N–H and O–H groups in total. The minimum Gasteiger partial charge on any atom is -0.496 e. The Morgan fingerprint density at radius 3 is 1.71 bits per heavy atom. The Labute approximate surface area is 143 Å². The molecule has 0 saturated heterocycles. The van der Waals surface area contributed by atoms with E-state index in [0.29, 0.717) is 22.6 Å². The zero-order valence-electron chi connectivity index (χ0n) is 15.1. The van der Waals surface area contributed by atoms with Crippen molar-refractivity contribution >= 4 is 11.6 Å². The van der Waals surface area contributed by atoms with Crippen molar-refractivity contribution in [1.82, 2.24) is 0 Å². The molecule has 0 radical (unpaired) electrons. The average Bonchev–Trinajstić information content (AvgIpc) is 2.54. The summed E-state index contributed by atoms with van der Waals surface area (Å²) >= 11 is 0. The first kappa shape index (κ1) is 19.4. The summed E-state index contributed by atoms with van der Waals surface area (Å²) in [5.74, 6) is 1.37. The van der Waals surface area contributed by atoms with E-state index in [1.165, 1.54) is 13.8 Å². The predicted octanol–water partition coefficient (Wildman–Crippen LogP) is 4.41. The van der Waals surface area contributed by atoms with Crippen LogP contribution in [0.5, 0.6) is 11.5 Å². The van der Waals surface area contributed by atoms with E-state index < -0.39 is 0 Å². The molecule has 2 rings (SSSR count). The summed E-state index contributed by atoms with van der Waals surface area (Å²) in [6.07, 6.45) is 0. The molecule has 0 spiro atoms. The highest BCUT2D eigenvalue weighted by Gasteiger charge is 2.07. The molecule has 0 saturated carbocycles. The van der Waals surface area contributed by atoms with Crippen LogP contribution in [0.1, 0.15) is 45.7 Å². The lowest BCUT2D eigenvalue weighted by atomic mass is 10.1. The molecule has 0 amide bonds. The molecule has 0 heterocycles. The van der Waals surface area contributed by atoms with Crippen LogP contribution in [-0.2, 0) is 0 Å². The van der Waals surface area contributed by atoms with Crippen LogP contribution >= 0.6 is 0 Å². The molecule has 4 nitrogen and oxygen atoms in total. The first-order valence-corrected chi connectivity index (χ1v) is 7.61. The highest BCUT2D eigenvalue weighted by Crippen LogP contribution is 2.20. The molecule has 0 atom stereocenters. The number of rotatable bonds is 4. The van der Waals surface area contributed by atoms with Gasteiger partial charge in [-0.15, -0.1) is 0 Å². The van der Waals surface area contributed by atoms with Crippen molar-refractivity contribution in [3.05, 3.63) is 58.7 Å². The molecule has 0 fully saturated rings. The summed E-state index contributed by atoms with van der Waals surface area (Å²) in [5.41, 5.74) is 3.46. The second kappa shape index (κ2) is 8.87. The van der Waals surface area contributed by atoms with Gasteiger partial charge in [0.05, 0.1) is 25.3 Å². The zero-order valence-corrected chi connectivity index (χ0v) is 15.1. The number of ketones is 2. The molecule has 24 heavy (non-hydrogen) atoms. The zero-order chi connectivity index (χ0) is 18.3. The third kappa shape index (κ3) is 5.23. The van der Waals surface area contributed by atoms with Crippen LogP contribution in [0.2, 0.25) is 0 Å². The standard InChI is InChI=1S/2C10H12O2/c1-7-4-5-10(12-3)9(6-7)8(2)11;1-7-4-5-9(8(2)11)10(6-7)12-3/h2*4-6H,1-3H3. The Morgan fingerprint density at radius 2 is 1.21 bits per heavy atom. The SMILES string of the molecule is COc1cc(C)ccc1C(C)=O.COc1ccc(C)cc1C(C)=O. The smallest absolute Gasteiger partial charge is 0.163 e. The quantitative estimate of drug-likeness (QED) is 0.780. The average molecular weight is 328 g/mol. The summed E-state index contributed by atoms with van der Waals surface area (Å²) in [6, 6.07) is 11.1. The van der Waals surface area contributed by atoms with Crippen LogP contribution in [0.3, 0.4) is 0 Å². The van der Waals surface area contributed by atoms with Crippen molar-refractivity contribution < 1.29 is 19.1 Å². The molecule has 2 aromatic rings. The van der Waals surface area contributed by atoms with E-state index in [2.05, 4.69) is 0 Å². The Morgan fingerprint density at radius 1 is 0.708 bits per heavy atom. The summed E-state index contributed by atoms with van der Waals surface area (Å²) < 4.78 is 10.1. The van der Waals surface area contributed by atoms with Gasteiger partial charge in [-0.05, 0) is 57.5 Å². The van der Waals surface area contributed by atoms with Crippen LogP contribution in [0, 0.1) is 13.8 Å². The van der Waals surface area contributed by atoms with Gasteiger partial charge in [0.15, 0.2) is 11.6 Å². The van der Waals surface area contributed by atoms with Gasteiger partial charge in [0, 0.05) is 0 Å². The summed E-state index contributed by atoms with van der Waals surface area (Å²) in [5, 5.41) is 0. The fourth-order valence-electron chi connectivity index (χ4n) is 2.19. The molecule has 0 aromatic heterocycles. The van der Waals surface area contributed by atoms with Crippen LogP contribution in [0.25, 0.3) is 0 Å². The number of hydrogen-bond acceptors (Lipinski definition) is 4. The molecule has 0 aliphatic rings. The number of methoxy groups -OCH3 is 2.